The van der Waals surface area contributed by atoms with E-state index in [-0.39, 0.29) is 41.0 Å². The first kappa shape index (κ1) is 22.5. The number of rotatable bonds is 4. The van der Waals surface area contributed by atoms with E-state index in [4.69, 9.17) is 0 Å². The summed E-state index contributed by atoms with van der Waals surface area (Å²) in [7, 11) is 0. The number of hydrogen-bond donors (Lipinski definition) is 2. The lowest BCUT2D eigenvalue weighted by molar-refractivity contribution is -0.140. The summed E-state index contributed by atoms with van der Waals surface area (Å²) in [5, 5.41) is 3.35. The Morgan fingerprint density at radius 1 is 1.06 bits per heavy atom. The van der Waals surface area contributed by atoms with Crippen molar-refractivity contribution in [2.75, 3.05) is 13.1 Å². The van der Waals surface area contributed by atoms with Gasteiger partial charge in [-0.2, -0.15) is 0 Å². The Bertz CT molecular complexity index is 1250. The topological polar surface area (TPSA) is 65.2 Å². The van der Waals surface area contributed by atoms with Crippen LogP contribution < -0.4 is 5.32 Å². The Morgan fingerprint density at radius 3 is 2.50 bits per heavy atom. The summed E-state index contributed by atoms with van der Waals surface area (Å²) in [4.78, 5) is 29.4. The monoisotopic (exact) mass is 469 g/mol. The molecule has 34 heavy (non-hydrogen) atoms. The average molecular weight is 470 g/mol. The number of aromatic amines is 1. The summed E-state index contributed by atoms with van der Waals surface area (Å²) in [5.41, 5.74) is 2.27. The molecule has 2 amide bonds. The average Bonchev–Trinajstić information content (AvgIpc) is 3.12. The van der Waals surface area contributed by atoms with E-state index in [1.54, 1.807) is 12.1 Å². The lowest BCUT2D eigenvalue weighted by atomic mass is 9.69. The van der Waals surface area contributed by atoms with Crippen LogP contribution in [-0.4, -0.2) is 40.8 Å². The number of halogens is 3. The summed E-state index contributed by atoms with van der Waals surface area (Å²) in [5.74, 6) is -2.01. The second-order valence-corrected chi connectivity index (χ2v) is 9.42. The quantitative estimate of drug-likeness (QED) is 0.573. The number of amides is 2. The Kier molecular flexibility index (Phi) is 5.83. The molecular formula is C26H26F3N3O2. The van der Waals surface area contributed by atoms with Crippen molar-refractivity contribution in [3.05, 3.63) is 59.4 Å². The largest absolute Gasteiger partial charge is 0.352 e. The van der Waals surface area contributed by atoms with Gasteiger partial charge in [0.1, 0.15) is 17.5 Å². The summed E-state index contributed by atoms with van der Waals surface area (Å²) in [6, 6.07) is 7.99. The van der Waals surface area contributed by atoms with Crippen molar-refractivity contribution in [3.63, 3.8) is 0 Å². The van der Waals surface area contributed by atoms with Gasteiger partial charge in [0.25, 0.3) is 0 Å². The number of carbonyl (C=O) groups is 2. The summed E-state index contributed by atoms with van der Waals surface area (Å²) in [6.07, 6.45) is 2.82. The van der Waals surface area contributed by atoms with Crippen molar-refractivity contribution in [1.29, 1.82) is 0 Å². The maximum atomic E-state index is 14.6. The highest BCUT2D eigenvalue weighted by molar-refractivity contribution is 5.92. The molecule has 178 valence electrons. The minimum Gasteiger partial charge on any atom is -0.352 e. The first-order valence-corrected chi connectivity index (χ1v) is 11.6. The molecule has 1 unspecified atom stereocenters. The van der Waals surface area contributed by atoms with Gasteiger partial charge < -0.3 is 15.2 Å². The number of carbonyl (C=O) groups excluding carboxylic acids is 2. The van der Waals surface area contributed by atoms with Crippen molar-refractivity contribution < 1.29 is 22.8 Å². The van der Waals surface area contributed by atoms with Gasteiger partial charge in [-0.3, -0.25) is 9.59 Å². The van der Waals surface area contributed by atoms with Crippen molar-refractivity contribution in [2.45, 2.75) is 44.6 Å². The van der Waals surface area contributed by atoms with Gasteiger partial charge in [0.15, 0.2) is 0 Å². The molecule has 3 aromatic rings. The van der Waals surface area contributed by atoms with E-state index in [1.807, 2.05) is 4.90 Å². The van der Waals surface area contributed by atoms with Crippen LogP contribution in [0.3, 0.4) is 0 Å². The zero-order chi connectivity index (χ0) is 24.0. The number of likely N-dealkylation sites (tertiary alicyclic amines) is 1. The number of aromatic nitrogens is 1. The van der Waals surface area contributed by atoms with E-state index in [2.05, 4.69) is 10.3 Å². The van der Waals surface area contributed by atoms with Gasteiger partial charge in [-0.1, -0.05) is 0 Å². The molecule has 8 heteroatoms. The molecule has 2 aromatic carbocycles. The number of benzene rings is 2. The van der Waals surface area contributed by atoms with Gasteiger partial charge in [-0.25, -0.2) is 13.2 Å². The van der Waals surface area contributed by atoms with Crippen molar-refractivity contribution in [1.82, 2.24) is 15.2 Å². The van der Waals surface area contributed by atoms with Gasteiger partial charge >= 0.3 is 0 Å². The van der Waals surface area contributed by atoms with Gasteiger partial charge in [0.05, 0.1) is 11.2 Å². The normalized spacial score (nSPS) is 22.5. The molecule has 2 heterocycles. The van der Waals surface area contributed by atoms with Crippen LogP contribution >= 0.6 is 0 Å². The van der Waals surface area contributed by atoms with Crippen LogP contribution in [0.15, 0.2) is 36.4 Å². The highest BCUT2D eigenvalue weighted by atomic mass is 19.1. The van der Waals surface area contributed by atoms with E-state index in [0.717, 1.165) is 24.5 Å². The van der Waals surface area contributed by atoms with Crippen LogP contribution in [0.4, 0.5) is 13.2 Å². The fourth-order valence-electron chi connectivity index (χ4n) is 5.40. The molecular weight excluding hydrogens is 443 g/mol. The van der Waals surface area contributed by atoms with E-state index in [1.165, 1.54) is 25.1 Å². The molecule has 1 aliphatic carbocycles. The predicted molar refractivity (Wildman–Crippen MR) is 122 cm³/mol. The standard InChI is InChI=1S/C26H26F3N3O2/c1-14(33)30-20-3-2-8-32(13-20)26(34)17-9-16(10-17)23-21-11-19(28)12-22(29)25(21)31-24(23)15-4-6-18(27)7-5-15/h4-7,11-12,16-17,20,31H,2-3,8-10,13H2,1H3,(H,30,33). The summed E-state index contributed by atoms with van der Waals surface area (Å²) >= 11 is 0. The minimum absolute atomic E-state index is 0.0317. The van der Waals surface area contributed by atoms with Gasteiger partial charge in [0, 0.05) is 43.4 Å². The highest BCUT2D eigenvalue weighted by Crippen LogP contribution is 2.49. The molecule has 1 atom stereocenters. The third kappa shape index (κ3) is 4.17. The molecule has 5 nitrogen and oxygen atoms in total. The van der Waals surface area contributed by atoms with E-state index >= 15 is 0 Å². The zero-order valence-corrected chi connectivity index (χ0v) is 18.8. The van der Waals surface area contributed by atoms with Crippen molar-refractivity contribution in [3.8, 4) is 11.3 Å². The Balaban J connectivity index is 1.40. The lowest BCUT2D eigenvalue weighted by Gasteiger charge is -2.41. The van der Waals surface area contributed by atoms with Crippen LogP contribution in [0.1, 0.15) is 44.1 Å². The summed E-state index contributed by atoms with van der Waals surface area (Å²) < 4.78 is 42.2. The molecule has 0 radical (unpaired) electrons. The van der Waals surface area contributed by atoms with Crippen LogP contribution in [0.5, 0.6) is 0 Å². The minimum atomic E-state index is -0.686. The molecule has 1 saturated heterocycles. The highest BCUT2D eigenvalue weighted by Gasteiger charge is 2.41. The fourth-order valence-corrected chi connectivity index (χ4v) is 5.40. The Hall–Kier alpha value is -3.29. The van der Waals surface area contributed by atoms with Crippen LogP contribution in [0.25, 0.3) is 22.2 Å². The first-order chi connectivity index (χ1) is 16.3. The molecule has 2 aliphatic rings. The molecule has 0 bridgehead atoms. The number of nitrogens with one attached hydrogen (secondary N) is 2. The first-order valence-electron chi connectivity index (χ1n) is 11.6. The second-order valence-electron chi connectivity index (χ2n) is 9.42. The molecule has 2 N–H and O–H groups in total. The molecule has 1 aliphatic heterocycles. The second kappa shape index (κ2) is 8.81. The van der Waals surface area contributed by atoms with Crippen LogP contribution in [0.2, 0.25) is 0 Å². The molecule has 2 fully saturated rings. The predicted octanol–water partition coefficient (Wildman–Crippen LogP) is 4.87. The number of fused-ring (bicyclic) bond motifs is 1. The SMILES string of the molecule is CC(=O)NC1CCCN(C(=O)C2CC(c3c(-c4ccc(F)cc4)[nH]c4c(F)cc(F)cc34)C2)C1. The van der Waals surface area contributed by atoms with Gasteiger partial charge in [-0.15, -0.1) is 0 Å². The van der Waals surface area contributed by atoms with Crippen LogP contribution in [-0.2, 0) is 9.59 Å². The lowest BCUT2D eigenvalue weighted by Crippen LogP contribution is -2.51. The molecule has 1 aromatic heterocycles. The molecule has 1 saturated carbocycles. The fraction of sp³-hybridized carbons (Fsp3) is 0.385. The zero-order valence-electron chi connectivity index (χ0n) is 18.8. The third-order valence-corrected chi connectivity index (χ3v) is 7.03. The number of nitrogens with zero attached hydrogens (tertiary/aromatic N) is 1. The number of piperidine rings is 1. The van der Waals surface area contributed by atoms with Crippen LogP contribution in [0, 0.1) is 23.4 Å². The maximum Gasteiger partial charge on any atom is 0.225 e. The van der Waals surface area contributed by atoms with E-state index < -0.39 is 11.6 Å². The maximum absolute atomic E-state index is 14.6. The van der Waals surface area contributed by atoms with Crippen molar-refractivity contribution >= 4 is 22.7 Å². The molecule has 0 spiro atoms. The Labute approximate surface area is 195 Å². The molecule has 5 rings (SSSR count). The van der Waals surface area contributed by atoms with E-state index in [9.17, 15) is 22.8 Å². The van der Waals surface area contributed by atoms with Gasteiger partial charge in [0.2, 0.25) is 11.8 Å². The van der Waals surface area contributed by atoms with Gasteiger partial charge in [-0.05, 0) is 73.1 Å². The van der Waals surface area contributed by atoms with E-state index in [0.29, 0.717) is 42.6 Å². The van der Waals surface area contributed by atoms with Crippen molar-refractivity contribution in [2.24, 2.45) is 5.92 Å². The number of hydrogen-bond acceptors (Lipinski definition) is 2. The third-order valence-electron chi connectivity index (χ3n) is 7.03. The summed E-state index contributed by atoms with van der Waals surface area (Å²) in [6.45, 7) is 2.65. The number of H-pyrrole nitrogens is 1. The smallest absolute Gasteiger partial charge is 0.225 e. The Morgan fingerprint density at radius 2 is 1.79 bits per heavy atom.